The lowest BCUT2D eigenvalue weighted by Crippen LogP contribution is -1.89. The maximum absolute atomic E-state index is 4.29. The lowest BCUT2D eigenvalue weighted by Gasteiger charge is -2.06. The molecule has 0 saturated heterocycles. The molecule has 0 heterocycles. The highest BCUT2D eigenvalue weighted by atomic mass is 32.1. The van der Waals surface area contributed by atoms with Gasteiger partial charge in [0.2, 0.25) is 0 Å². The zero-order valence-electron chi connectivity index (χ0n) is 6.46. The summed E-state index contributed by atoms with van der Waals surface area (Å²) in [6.07, 6.45) is 1.66. The number of hydrogen-bond donors (Lipinski definition) is 2. The van der Waals surface area contributed by atoms with E-state index in [-0.39, 0.29) is 0 Å². The fourth-order valence-electron chi connectivity index (χ4n) is 0.890. The van der Waals surface area contributed by atoms with Crippen LogP contribution in [0.1, 0.15) is 5.56 Å². The van der Waals surface area contributed by atoms with Gasteiger partial charge in [-0.1, -0.05) is 12.6 Å². The Hall–Kier alpha value is -0.890. The number of anilines is 1. The first-order chi connectivity index (χ1) is 5.25. The third-order valence-electron chi connectivity index (χ3n) is 1.56. The van der Waals surface area contributed by atoms with E-state index in [1.165, 1.54) is 0 Å². The van der Waals surface area contributed by atoms with E-state index >= 15 is 0 Å². The van der Waals surface area contributed by atoms with Crippen LogP contribution in [0.5, 0.6) is 0 Å². The first kappa shape index (κ1) is 8.21. The van der Waals surface area contributed by atoms with E-state index < -0.39 is 0 Å². The Bertz CT molecular complexity index is 268. The van der Waals surface area contributed by atoms with Crippen LogP contribution in [0.2, 0.25) is 0 Å². The Labute approximate surface area is 72.5 Å². The molecule has 1 rings (SSSR count). The van der Waals surface area contributed by atoms with E-state index in [0.717, 1.165) is 16.1 Å². The van der Waals surface area contributed by atoms with E-state index in [0.29, 0.717) is 0 Å². The summed E-state index contributed by atoms with van der Waals surface area (Å²) in [7, 11) is 0. The summed E-state index contributed by atoms with van der Waals surface area (Å²) in [6.45, 7) is 5.61. The average molecular weight is 165 g/mol. The van der Waals surface area contributed by atoms with Gasteiger partial charge in [-0.2, -0.15) is 0 Å². The number of thiol groups is 1. The highest BCUT2D eigenvalue weighted by Crippen LogP contribution is 2.21. The third kappa shape index (κ3) is 1.77. The minimum absolute atomic E-state index is 0.997. The molecule has 58 valence electrons. The molecule has 2 heteroatoms. The molecule has 0 aliphatic carbocycles. The van der Waals surface area contributed by atoms with Crippen molar-refractivity contribution in [3.05, 3.63) is 36.5 Å². The molecule has 0 atom stereocenters. The molecule has 0 unspecified atom stereocenters. The van der Waals surface area contributed by atoms with Gasteiger partial charge < -0.3 is 5.32 Å². The first-order valence-electron chi connectivity index (χ1n) is 3.41. The van der Waals surface area contributed by atoms with E-state index in [9.17, 15) is 0 Å². The smallest absolute Gasteiger partial charge is 0.0420 e. The van der Waals surface area contributed by atoms with Crippen LogP contribution < -0.4 is 5.32 Å². The second-order valence-corrected chi connectivity index (χ2v) is 2.78. The van der Waals surface area contributed by atoms with Crippen LogP contribution in [0.3, 0.4) is 0 Å². The van der Waals surface area contributed by atoms with Crippen molar-refractivity contribution >= 4 is 18.3 Å². The molecule has 0 fully saturated rings. The Morgan fingerprint density at radius 3 is 2.91 bits per heavy atom. The van der Waals surface area contributed by atoms with Crippen LogP contribution in [0.4, 0.5) is 5.69 Å². The Balaban J connectivity index is 3.05. The van der Waals surface area contributed by atoms with E-state index in [2.05, 4.69) is 24.5 Å². The summed E-state index contributed by atoms with van der Waals surface area (Å²) in [5.41, 5.74) is 2.21. The van der Waals surface area contributed by atoms with Gasteiger partial charge in [0.25, 0.3) is 0 Å². The molecule has 0 spiro atoms. The van der Waals surface area contributed by atoms with Crippen molar-refractivity contribution in [1.82, 2.24) is 0 Å². The molecular formula is C9H11NS. The molecule has 0 amide bonds. The molecule has 0 bridgehead atoms. The highest BCUT2D eigenvalue weighted by Gasteiger charge is 1.96. The molecule has 1 N–H and O–H groups in total. The van der Waals surface area contributed by atoms with E-state index in [1.807, 2.05) is 25.1 Å². The second kappa shape index (κ2) is 3.49. The molecule has 0 aliphatic rings. The normalized spacial score (nSPS) is 9.27. The molecule has 0 aliphatic heterocycles. The van der Waals surface area contributed by atoms with Crippen molar-refractivity contribution in [2.75, 3.05) is 5.32 Å². The molecule has 11 heavy (non-hydrogen) atoms. The maximum atomic E-state index is 4.29. The van der Waals surface area contributed by atoms with Crippen LogP contribution >= 0.6 is 12.6 Å². The lowest BCUT2D eigenvalue weighted by atomic mass is 10.2. The lowest BCUT2D eigenvalue weighted by molar-refractivity contribution is 1.30. The Kier molecular flexibility index (Phi) is 2.60. The molecular weight excluding hydrogens is 154 g/mol. The SMILES string of the molecule is C=CNc1cccc(S)c1C. The summed E-state index contributed by atoms with van der Waals surface area (Å²) < 4.78 is 0. The van der Waals surface area contributed by atoms with Gasteiger partial charge in [0, 0.05) is 10.6 Å². The Morgan fingerprint density at radius 1 is 1.55 bits per heavy atom. The maximum Gasteiger partial charge on any atom is 0.0420 e. The van der Waals surface area contributed by atoms with Crippen LogP contribution in [0.15, 0.2) is 35.9 Å². The van der Waals surface area contributed by atoms with Gasteiger partial charge in [-0.05, 0) is 30.8 Å². The van der Waals surface area contributed by atoms with Crippen molar-refractivity contribution in [2.24, 2.45) is 0 Å². The molecule has 0 aromatic heterocycles. The summed E-state index contributed by atoms with van der Waals surface area (Å²) >= 11 is 4.29. The predicted molar refractivity (Wildman–Crippen MR) is 52.3 cm³/mol. The fourth-order valence-corrected chi connectivity index (χ4v) is 1.10. The zero-order chi connectivity index (χ0) is 8.27. The molecule has 1 aromatic carbocycles. The molecule has 0 saturated carbocycles. The minimum atomic E-state index is 0.997. The summed E-state index contributed by atoms with van der Waals surface area (Å²) in [4.78, 5) is 0.997. The van der Waals surface area contributed by atoms with Gasteiger partial charge >= 0.3 is 0 Å². The second-order valence-electron chi connectivity index (χ2n) is 2.30. The standard InChI is InChI=1S/C9H11NS/c1-3-10-8-5-4-6-9(11)7(8)2/h3-6,10-11H,1H2,2H3. The topological polar surface area (TPSA) is 12.0 Å². The third-order valence-corrected chi connectivity index (χ3v) is 2.05. The van der Waals surface area contributed by atoms with E-state index in [1.54, 1.807) is 6.20 Å². The zero-order valence-corrected chi connectivity index (χ0v) is 7.36. The summed E-state index contributed by atoms with van der Waals surface area (Å²) in [5.74, 6) is 0. The van der Waals surface area contributed by atoms with Crippen molar-refractivity contribution in [2.45, 2.75) is 11.8 Å². The quantitative estimate of drug-likeness (QED) is 0.642. The number of hydrogen-bond acceptors (Lipinski definition) is 2. The first-order valence-corrected chi connectivity index (χ1v) is 3.86. The monoisotopic (exact) mass is 165 g/mol. The number of nitrogens with one attached hydrogen (secondary N) is 1. The average Bonchev–Trinajstić information content (AvgIpc) is 1.99. The van der Waals surface area contributed by atoms with Gasteiger partial charge in [-0.3, -0.25) is 0 Å². The van der Waals surface area contributed by atoms with Crippen LogP contribution in [-0.2, 0) is 0 Å². The summed E-state index contributed by atoms with van der Waals surface area (Å²) in [6, 6.07) is 5.92. The molecule has 1 nitrogen and oxygen atoms in total. The van der Waals surface area contributed by atoms with Gasteiger partial charge in [-0.15, -0.1) is 12.6 Å². The summed E-state index contributed by atoms with van der Waals surface area (Å²) in [5, 5.41) is 3.03. The van der Waals surface area contributed by atoms with Crippen LogP contribution in [0, 0.1) is 6.92 Å². The highest BCUT2D eigenvalue weighted by molar-refractivity contribution is 7.80. The molecule has 0 radical (unpaired) electrons. The van der Waals surface area contributed by atoms with E-state index in [4.69, 9.17) is 0 Å². The van der Waals surface area contributed by atoms with Crippen molar-refractivity contribution in [3.8, 4) is 0 Å². The van der Waals surface area contributed by atoms with Crippen LogP contribution in [-0.4, -0.2) is 0 Å². The predicted octanol–water partition coefficient (Wildman–Crippen LogP) is 2.84. The van der Waals surface area contributed by atoms with Crippen molar-refractivity contribution in [3.63, 3.8) is 0 Å². The fraction of sp³-hybridized carbons (Fsp3) is 0.111. The van der Waals surface area contributed by atoms with Crippen LogP contribution in [0.25, 0.3) is 0 Å². The van der Waals surface area contributed by atoms with Crippen molar-refractivity contribution in [1.29, 1.82) is 0 Å². The van der Waals surface area contributed by atoms with Gasteiger partial charge in [0.1, 0.15) is 0 Å². The van der Waals surface area contributed by atoms with Gasteiger partial charge in [-0.25, -0.2) is 0 Å². The largest absolute Gasteiger partial charge is 0.362 e. The Morgan fingerprint density at radius 2 is 2.27 bits per heavy atom. The van der Waals surface area contributed by atoms with Gasteiger partial charge in [0.05, 0.1) is 0 Å². The number of benzene rings is 1. The van der Waals surface area contributed by atoms with Gasteiger partial charge in [0.15, 0.2) is 0 Å². The number of rotatable bonds is 2. The minimum Gasteiger partial charge on any atom is -0.362 e. The molecule has 1 aromatic rings. The van der Waals surface area contributed by atoms with Crippen molar-refractivity contribution < 1.29 is 0 Å².